The minimum absolute atomic E-state index is 0.371. The van der Waals surface area contributed by atoms with E-state index in [1.165, 1.54) is 32.1 Å². The van der Waals surface area contributed by atoms with Crippen molar-refractivity contribution in [2.24, 2.45) is 10.7 Å². The van der Waals surface area contributed by atoms with Crippen LogP contribution >= 0.6 is 11.3 Å². The maximum absolute atomic E-state index is 6.26. The van der Waals surface area contributed by atoms with Gasteiger partial charge in [-0.3, -0.25) is 0 Å². The summed E-state index contributed by atoms with van der Waals surface area (Å²) in [7, 11) is 2.11. The Labute approximate surface area is 224 Å². The molecule has 1 aromatic carbocycles. The first kappa shape index (κ1) is 27.0. The van der Waals surface area contributed by atoms with Crippen molar-refractivity contribution in [2.75, 3.05) is 39.8 Å². The van der Waals surface area contributed by atoms with Crippen molar-refractivity contribution in [2.45, 2.75) is 52.4 Å². The first-order valence-corrected chi connectivity index (χ1v) is 14.2. The molecule has 0 radical (unpaired) electrons. The van der Waals surface area contributed by atoms with Crippen LogP contribution in [0.3, 0.4) is 0 Å². The van der Waals surface area contributed by atoms with E-state index in [0.717, 1.165) is 71.8 Å². The summed E-state index contributed by atoms with van der Waals surface area (Å²) in [4.78, 5) is 23.7. The van der Waals surface area contributed by atoms with E-state index in [0.29, 0.717) is 11.9 Å². The summed E-state index contributed by atoms with van der Waals surface area (Å²) in [5.41, 5.74) is 9.06. The number of benzene rings is 1. The molecule has 0 amide bonds. The molecule has 1 aliphatic heterocycles. The van der Waals surface area contributed by atoms with Gasteiger partial charge in [-0.15, -0.1) is 11.3 Å². The number of aromatic nitrogens is 3. The van der Waals surface area contributed by atoms with Crippen LogP contribution in [-0.4, -0.2) is 70.5 Å². The van der Waals surface area contributed by atoms with Gasteiger partial charge in [-0.2, -0.15) is 4.99 Å². The average molecular weight is 522 g/mol. The Morgan fingerprint density at radius 3 is 2.49 bits per heavy atom. The molecule has 37 heavy (non-hydrogen) atoms. The van der Waals surface area contributed by atoms with Crippen molar-refractivity contribution in [3.05, 3.63) is 42.2 Å². The van der Waals surface area contributed by atoms with Gasteiger partial charge in [0, 0.05) is 37.9 Å². The molecule has 2 aromatic heterocycles. The second-order valence-electron chi connectivity index (χ2n) is 9.58. The van der Waals surface area contributed by atoms with Crippen molar-refractivity contribution in [3.63, 3.8) is 0 Å². The molecule has 1 fully saturated rings. The summed E-state index contributed by atoms with van der Waals surface area (Å²) in [6.45, 7) is 8.66. The van der Waals surface area contributed by atoms with Gasteiger partial charge in [-0.1, -0.05) is 39.0 Å². The van der Waals surface area contributed by atoms with E-state index in [-0.39, 0.29) is 0 Å². The number of nitrogens with zero attached hydrogens (tertiary/aromatic N) is 6. The monoisotopic (exact) mass is 521 g/mol. The number of hydrogen-bond acceptors (Lipinski definition) is 7. The van der Waals surface area contributed by atoms with Crippen LogP contribution in [0, 0.1) is 6.92 Å². The van der Waals surface area contributed by atoms with Crippen molar-refractivity contribution < 1.29 is 4.74 Å². The zero-order chi connectivity index (χ0) is 26.0. The van der Waals surface area contributed by atoms with Crippen LogP contribution in [0.25, 0.3) is 21.1 Å². The second-order valence-corrected chi connectivity index (χ2v) is 10.6. The Hall–Kier alpha value is -3.04. The van der Waals surface area contributed by atoms with Gasteiger partial charge in [-0.25, -0.2) is 15.0 Å². The van der Waals surface area contributed by atoms with Gasteiger partial charge in [0.15, 0.2) is 5.96 Å². The molecule has 1 saturated heterocycles. The lowest BCUT2D eigenvalue weighted by atomic mass is 10.1. The van der Waals surface area contributed by atoms with E-state index in [4.69, 9.17) is 15.5 Å². The maximum Gasteiger partial charge on any atom is 0.253 e. The van der Waals surface area contributed by atoms with Crippen LogP contribution in [-0.2, 0) is 0 Å². The number of piperazine rings is 1. The van der Waals surface area contributed by atoms with Crippen LogP contribution in [0.5, 0.6) is 5.75 Å². The van der Waals surface area contributed by atoms with E-state index in [9.17, 15) is 0 Å². The molecular formula is C28H39N7OS. The number of aryl methyl sites for hydroxylation is 1. The molecule has 9 heteroatoms. The fraction of sp³-hybridized carbons (Fsp3) is 0.500. The van der Waals surface area contributed by atoms with Gasteiger partial charge in [0.05, 0.1) is 22.9 Å². The highest BCUT2D eigenvalue weighted by Gasteiger charge is 2.17. The van der Waals surface area contributed by atoms with Gasteiger partial charge in [0.2, 0.25) is 0 Å². The molecule has 3 heterocycles. The Morgan fingerprint density at radius 1 is 1.00 bits per heavy atom. The van der Waals surface area contributed by atoms with Crippen LogP contribution in [0.2, 0.25) is 0 Å². The molecule has 0 unspecified atom stereocenters. The van der Waals surface area contributed by atoms with E-state index < -0.39 is 0 Å². The molecular weight excluding hydrogens is 482 g/mol. The van der Waals surface area contributed by atoms with Crippen LogP contribution in [0.4, 0.5) is 5.95 Å². The molecule has 0 atom stereocenters. The molecule has 0 spiro atoms. The zero-order valence-electron chi connectivity index (χ0n) is 22.3. The minimum Gasteiger partial charge on any atom is -0.494 e. The summed E-state index contributed by atoms with van der Waals surface area (Å²) in [6, 6.07) is 10.1. The Bertz CT molecular complexity index is 1150. The molecule has 2 N–H and O–H groups in total. The predicted octanol–water partition coefficient (Wildman–Crippen LogP) is 5.51. The summed E-state index contributed by atoms with van der Waals surface area (Å²) in [6.07, 6.45) is 9.31. The highest BCUT2D eigenvalue weighted by molar-refractivity contribution is 7.18. The molecule has 0 saturated carbocycles. The molecule has 4 rings (SSSR count). The Balaban J connectivity index is 1.38. The number of guanidine groups is 1. The third kappa shape index (κ3) is 7.72. The number of nitrogens with two attached hydrogens (primary N) is 1. The van der Waals surface area contributed by atoms with Gasteiger partial charge >= 0.3 is 0 Å². The lowest BCUT2D eigenvalue weighted by Crippen LogP contribution is -2.49. The standard InChI is InChI=1S/C28H39N7OS/c1-4-5-6-7-8-9-20-36-23-12-10-22(11-13-23)26-31-21(2)25(37-26)24-14-15-30-28(32-24)33-27(29)35-18-16-34(3)17-19-35/h10-15H,4-9,16-20H2,1-3H3,(H2,29,30,32,33). The van der Waals surface area contributed by atoms with Gasteiger partial charge in [0.25, 0.3) is 5.95 Å². The summed E-state index contributed by atoms with van der Waals surface area (Å²) < 4.78 is 5.93. The number of unbranched alkanes of at least 4 members (excludes halogenated alkanes) is 5. The summed E-state index contributed by atoms with van der Waals surface area (Å²) >= 11 is 1.62. The number of likely N-dealkylation sites (N-methyl/N-ethyl adjacent to an activating group) is 1. The predicted molar refractivity (Wildman–Crippen MR) is 153 cm³/mol. The largest absolute Gasteiger partial charge is 0.494 e. The number of thiazole rings is 1. The lowest BCUT2D eigenvalue weighted by molar-refractivity contribution is 0.214. The zero-order valence-corrected chi connectivity index (χ0v) is 23.1. The lowest BCUT2D eigenvalue weighted by Gasteiger charge is -2.32. The molecule has 0 aliphatic carbocycles. The van der Waals surface area contributed by atoms with E-state index in [1.807, 2.05) is 25.1 Å². The molecule has 3 aromatic rings. The molecule has 1 aliphatic rings. The molecule has 8 nitrogen and oxygen atoms in total. The van der Waals surface area contributed by atoms with E-state index in [1.54, 1.807) is 17.5 Å². The fourth-order valence-electron chi connectivity index (χ4n) is 4.26. The van der Waals surface area contributed by atoms with Gasteiger partial charge in [0.1, 0.15) is 10.8 Å². The smallest absolute Gasteiger partial charge is 0.253 e. The number of rotatable bonds is 11. The normalized spacial score (nSPS) is 14.8. The topological polar surface area (TPSA) is 92.8 Å². The van der Waals surface area contributed by atoms with Crippen molar-refractivity contribution in [1.82, 2.24) is 24.8 Å². The molecule has 198 valence electrons. The van der Waals surface area contributed by atoms with E-state index >= 15 is 0 Å². The average Bonchev–Trinajstić information content (AvgIpc) is 3.30. The van der Waals surface area contributed by atoms with Crippen molar-refractivity contribution >= 4 is 23.2 Å². The maximum atomic E-state index is 6.26. The third-order valence-corrected chi connectivity index (χ3v) is 7.81. The first-order chi connectivity index (χ1) is 18.0. The third-order valence-electron chi connectivity index (χ3n) is 6.58. The summed E-state index contributed by atoms with van der Waals surface area (Å²) in [5.74, 6) is 1.74. The Morgan fingerprint density at radius 2 is 1.73 bits per heavy atom. The highest BCUT2D eigenvalue weighted by atomic mass is 32.1. The SMILES string of the molecule is CCCCCCCCOc1ccc(-c2nc(C)c(-c3ccnc(/N=C(\N)N4CCN(C)CC4)n3)s2)cc1. The Kier molecular flexibility index (Phi) is 9.85. The number of aliphatic imine (C=N–C) groups is 1. The number of ether oxygens (including phenoxy) is 1. The van der Waals surface area contributed by atoms with Crippen LogP contribution in [0.15, 0.2) is 41.5 Å². The summed E-state index contributed by atoms with van der Waals surface area (Å²) in [5, 5.41) is 0.954. The van der Waals surface area contributed by atoms with Crippen LogP contribution in [0.1, 0.15) is 51.1 Å². The second kappa shape index (κ2) is 13.5. The first-order valence-electron chi connectivity index (χ1n) is 13.3. The van der Waals surface area contributed by atoms with E-state index in [2.05, 4.69) is 50.9 Å². The number of hydrogen-bond donors (Lipinski definition) is 1. The molecule has 0 bridgehead atoms. The van der Waals surface area contributed by atoms with Gasteiger partial charge < -0.3 is 20.3 Å². The fourth-order valence-corrected chi connectivity index (χ4v) is 5.30. The van der Waals surface area contributed by atoms with Gasteiger partial charge in [-0.05, 0) is 50.7 Å². The minimum atomic E-state index is 0.371. The highest BCUT2D eigenvalue weighted by Crippen LogP contribution is 2.35. The van der Waals surface area contributed by atoms with Crippen molar-refractivity contribution in [3.8, 4) is 26.9 Å². The quantitative estimate of drug-likeness (QED) is 0.202. The van der Waals surface area contributed by atoms with Crippen LogP contribution < -0.4 is 10.5 Å². The van der Waals surface area contributed by atoms with Crippen molar-refractivity contribution in [1.29, 1.82) is 0 Å².